The van der Waals surface area contributed by atoms with Crippen molar-refractivity contribution in [3.63, 3.8) is 0 Å². The molecule has 0 fully saturated rings. The average molecular weight is 384 g/mol. The number of carbonyl (C=O) groups is 1. The Morgan fingerprint density at radius 1 is 1.12 bits per heavy atom. The standard InChI is InChI=1S/C16H14ClNO6S/c1-22-16(19)12-9-11(3-4-13(12)17)25(20,21)18-10-2-5-14-15(8-10)24-7-6-23-14/h2-5,8-9,18H,6-7H2,1H3. The number of carbonyl (C=O) groups excluding carboxylic acids is 1. The second-order valence-corrected chi connectivity index (χ2v) is 7.19. The molecule has 9 heteroatoms. The van der Waals surface area contributed by atoms with Gasteiger partial charge < -0.3 is 14.2 Å². The molecule has 0 amide bonds. The third-order valence-electron chi connectivity index (χ3n) is 3.45. The molecule has 0 atom stereocenters. The molecule has 2 aromatic carbocycles. The van der Waals surface area contributed by atoms with Crippen LogP contribution < -0.4 is 14.2 Å². The molecule has 0 saturated heterocycles. The molecule has 0 bridgehead atoms. The Labute approximate surface area is 149 Å². The first-order valence-electron chi connectivity index (χ1n) is 7.21. The van der Waals surface area contributed by atoms with Gasteiger partial charge in [0, 0.05) is 6.07 Å². The number of rotatable bonds is 4. The third kappa shape index (κ3) is 3.64. The van der Waals surface area contributed by atoms with Crippen LogP contribution in [0.1, 0.15) is 10.4 Å². The summed E-state index contributed by atoms with van der Waals surface area (Å²) in [5.41, 5.74) is 0.271. The SMILES string of the molecule is COC(=O)c1cc(S(=O)(=O)Nc2ccc3c(c2)OCCO3)ccc1Cl. The van der Waals surface area contributed by atoms with Crippen molar-refractivity contribution in [2.24, 2.45) is 0 Å². The molecule has 0 saturated carbocycles. The number of nitrogens with one attached hydrogen (secondary N) is 1. The Morgan fingerprint density at radius 3 is 2.56 bits per heavy atom. The van der Waals surface area contributed by atoms with Crippen LogP contribution in [0.3, 0.4) is 0 Å². The van der Waals surface area contributed by atoms with Crippen molar-refractivity contribution in [3.8, 4) is 11.5 Å². The lowest BCUT2D eigenvalue weighted by atomic mass is 10.2. The molecule has 2 aromatic rings. The minimum absolute atomic E-state index is 0.0331. The van der Waals surface area contributed by atoms with Crippen molar-refractivity contribution in [3.05, 3.63) is 47.0 Å². The molecule has 3 rings (SSSR count). The number of anilines is 1. The maximum Gasteiger partial charge on any atom is 0.339 e. The summed E-state index contributed by atoms with van der Waals surface area (Å²) in [6, 6.07) is 8.50. The van der Waals surface area contributed by atoms with Crippen LogP contribution in [0.2, 0.25) is 5.02 Å². The Balaban J connectivity index is 1.91. The highest BCUT2D eigenvalue weighted by Crippen LogP contribution is 2.33. The van der Waals surface area contributed by atoms with Crippen LogP contribution in [-0.2, 0) is 14.8 Å². The van der Waals surface area contributed by atoms with E-state index in [-0.39, 0.29) is 15.5 Å². The summed E-state index contributed by atoms with van der Waals surface area (Å²) >= 11 is 5.91. The topological polar surface area (TPSA) is 90.9 Å². The molecular formula is C16H14ClNO6S. The van der Waals surface area contributed by atoms with Crippen molar-refractivity contribution in [2.45, 2.75) is 4.90 Å². The second-order valence-electron chi connectivity index (χ2n) is 5.10. The molecule has 0 radical (unpaired) electrons. The highest BCUT2D eigenvalue weighted by molar-refractivity contribution is 7.92. The number of halogens is 1. The zero-order valence-corrected chi connectivity index (χ0v) is 14.7. The molecular weight excluding hydrogens is 370 g/mol. The molecule has 132 valence electrons. The Hall–Kier alpha value is -2.45. The molecule has 0 aliphatic carbocycles. The number of benzene rings is 2. The lowest BCUT2D eigenvalue weighted by Gasteiger charge is -2.19. The zero-order valence-electron chi connectivity index (χ0n) is 13.1. The van der Waals surface area contributed by atoms with Gasteiger partial charge in [-0.1, -0.05) is 11.6 Å². The predicted octanol–water partition coefficient (Wildman–Crippen LogP) is 2.70. The van der Waals surface area contributed by atoms with Gasteiger partial charge in [-0.2, -0.15) is 0 Å². The van der Waals surface area contributed by atoms with Gasteiger partial charge in [-0.15, -0.1) is 0 Å². The number of ether oxygens (including phenoxy) is 3. The molecule has 1 aliphatic heterocycles. The zero-order chi connectivity index (χ0) is 18.0. The van der Waals surface area contributed by atoms with Gasteiger partial charge in [0.05, 0.1) is 28.3 Å². The summed E-state index contributed by atoms with van der Waals surface area (Å²) in [5.74, 6) is 0.285. The van der Waals surface area contributed by atoms with Crippen LogP contribution in [0, 0.1) is 0 Å². The average Bonchev–Trinajstić information content (AvgIpc) is 2.61. The van der Waals surface area contributed by atoms with Crippen LogP contribution in [-0.4, -0.2) is 34.7 Å². The van der Waals surface area contributed by atoms with E-state index in [2.05, 4.69) is 9.46 Å². The summed E-state index contributed by atoms with van der Waals surface area (Å²) in [6.45, 7) is 0.835. The Kier molecular flexibility index (Phi) is 4.73. The van der Waals surface area contributed by atoms with E-state index in [1.165, 1.54) is 25.3 Å². The summed E-state index contributed by atoms with van der Waals surface area (Å²) in [7, 11) is -2.75. The number of fused-ring (bicyclic) bond motifs is 1. The van der Waals surface area contributed by atoms with E-state index in [0.29, 0.717) is 30.4 Å². The Bertz CT molecular complexity index is 928. The van der Waals surface area contributed by atoms with Gasteiger partial charge in [0.2, 0.25) is 0 Å². The van der Waals surface area contributed by atoms with Crippen molar-refractivity contribution < 1.29 is 27.4 Å². The maximum absolute atomic E-state index is 12.6. The quantitative estimate of drug-likeness (QED) is 0.816. The minimum Gasteiger partial charge on any atom is -0.486 e. The van der Waals surface area contributed by atoms with Gasteiger partial charge >= 0.3 is 5.97 Å². The largest absolute Gasteiger partial charge is 0.486 e. The first-order chi connectivity index (χ1) is 11.9. The summed E-state index contributed by atoms with van der Waals surface area (Å²) in [4.78, 5) is 11.6. The van der Waals surface area contributed by atoms with Crippen LogP contribution >= 0.6 is 11.6 Å². The van der Waals surface area contributed by atoms with Gasteiger partial charge in [-0.25, -0.2) is 13.2 Å². The summed E-state index contributed by atoms with van der Waals surface area (Å²) < 4.78 is 43.0. The molecule has 0 unspecified atom stereocenters. The Morgan fingerprint density at radius 2 is 1.84 bits per heavy atom. The van der Waals surface area contributed by atoms with E-state index >= 15 is 0 Å². The first-order valence-corrected chi connectivity index (χ1v) is 9.07. The normalized spacial score (nSPS) is 13.2. The van der Waals surface area contributed by atoms with Crippen molar-refractivity contribution in [1.82, 2.24) is 0 Å². The van der Waals surface area contributed by atoms with E-state index in [1.807, 2.05) is 0 Å². The molecule has 1 heterocycles. The molecule has 7 nitrogen and oxygen atoms in total. The number of hydrogen-bond acceptors (Lipinski definition) is 6. The van der Waals surface area contributed by atoms with Crippen molar-refractivity contribution in [1.29, 1.82) is 0 Å². The highest BCUT2D eigenvalue weighted by atomic mass is 35.5. The summed E-state index contributed by atoms with van der Waals surface area (Å²) in [5, 5.41) is 0.102. The maximum atomic E-state index is 12.6. The van der Waals surface area contributed by atoms with E-state index in [0.717, 1.165) is 6.07 Å². The molecule has 1 aliphatic rings. The minimum atomic E-state index is -3.93. The fourth-order valence-corrected chi connectivity index (χ4v) is 3.53. The molecule has 1 N–H and O–H groups in total. The number of sulfonamides is 1. The van der Waals surface area contributed by atoms with Gasteiger partial charge in [-0.05, 0) is 30.3 Å². The number of hydrogen-bond donors (Lipinski definition) is 1. The number of esters is 1. The van der Waals surface area contributed by atoms with Crippen molar-refractivity contribution in [2.75, 3.05) is 25.0 Å². The van der Waals surface area contributed by atoms with E-state index in [1.54, 1.807) is 12.1 Å². The number of methoxy groups -OCH3 is 1. The van der Waals surface area contributed by atoms with Gasteiger partial charge in [-0.3, -0.25) is 4.72 Å². The van der Waals surface area contributed by atoms with Crippen LogP contribution in [0.15, 0.2) is 41.3 Å². The van der Waals surface area contributed by atoms with E-state index < -0.39 is 16.0 Å². The molecule has 0 spiro atoms. The van der Waals surface area contributed by atoms with Crippen LogP contribution in [0.5, 0.6) is 11.5 Å². The van der Waals surface area contributed by atoms with Crippen molar-refractivity contribution >= 4 is 33.3 Å². The lowest BCUT2D eigenvalue weighted by molar-refractivity contribution is 0.0600. The van der Waals surface area contributed by atoms with Gasteiger partial charge in [0.1, 0.15) is 13.2 Å². The monoisotopic (exact) mass is 383 g/mol. The fourth-order valence-electron chi connectivity index (χ4n) is 2.26. The van der Waals surface area contributed by atoms with Crippen LogP contribution in [0.25, 0.3) is 0 Å². The van der Waals surface area contributed by atoms with E-state index in [4.69, 9.17) is 21.1 Å². The van der Waals surface area contributed by atoms with Gasteiger partial charge in [0.15, 0.2) is 11.5 Å². The lowest BCUT2D eigenvalue weighted by Crippen LogP contribution is -2.17. The smallest absolute Gasteiger partial charge is 0.339 e. The first kappa shape index (κ1) is 17.4. The third-order valence-corrected chi connectivity index (χ3v) is 5.16. The highest BCUT2D eigenvalue weighted by Gasteiger charge is 2.20. The molecule has 0 aromatic heterocycles. The fraction of sp³-hybridized carbons (Fsp3) is 0.188. The van der Waals surface area contributed by atoms with Gasteiger partial charge in [0.25, 0.3) is 10.0 Å². The molecule has 25 heavy (non-hydrogen) atoms. The van der Waals surface area contributed by atoms with E-state index in [9.17, 15) is 13.2 Å². The predicted molar refractivity (Wildman–Crippen MR) is 91.0 cm³/mol. The van der Waals surface area contributed by atoms with Crippen LogP contribution in [0.4, 0.5) is 5.69 Å². The second kappa shape index (κ2) is 6.81. The summed E-state index contributed by atoms with van der Waals surface area (Å²) in [6.07, 6.45) is 0.